The van der Waals surface area contributed by atoms with Crippen molar-refractivity contribution in [1.29, 1.82) is 5.26 Å². The number of benzene rings is 2. The van der Waals surface area contributed by atoms with Gasteiger partial charge in [0.1, 0.15) is 17.5 Å². The molecule has 0 unspecified atom stereocenters. The van der Waals surface area contributed by atoms with Gasteiger partial charge in [0, 0.05) is 18.7 Å². The molecule has 120 valence electrons. The number of hydrogen-bond acceptors (Lipinski definition) is 3. The van der Waals surface area contributed by atoms with Crippen molar-refractivity contribution in [3.8, 4) is 11.8 Å². The second kappa shape index (κ2) is 6.93. The average Bonchev–Trinajstić information content (AvgIpc) is 2.92. The first-order valence-electron chi connectivity index (χ1n) is 7.76. The molecule has 0 saturated carbocycles. The molecule has 0 aliphatic rings. The molecule has 24 heavy (non-hydrogen) atoms. The monoisotopic (exact) mass is 317 g/mol. The van der Waals surface area contributed by atoms with Crippen LogP contribution in [-0.4, -0.2) is 11.7 Å². The van der Waals surface area contributed by atoms with Crippen LogP contribution in [0.25, 0.3) is 0 Å². The Labute approximate surface area is 141 Å². The number of nitrogen functional groups attached to an aromatic ring is 1. The van der Waals surface area contributed by atoms with Crippen molar-refractivity contribution < 1.29 is 4.74 Å². The molecular formula is C20H19N3O. The van der Waals surface area contributed by atoms with Crippen LogP contribution in [0.5, 0.6) is 5.75 Å². The third-order valence-corrected chi connectivity index (χ3v) is 4.07. The molecule has 0 amide bonds. The third kappa shape index (κ3) is 3.26. The van der Waals surface area contributed by atoms with Crippen molar-refractivity contribution in [1.82, 2.24) is 4.57 Å². The van der Waals surface area contributed by atoms with Gasteiger partial charge in [0.15, 0.2) is 0 Å². The van der Waals surface area contributed by atoms with Crippen molar-refractivity contribution in [2.75, 3.05) is 12.8 Å². The van der Waals surface area contributed by atoms with Gasteiger partial charge in [-0.2, -0.15) is 5.26 Å². The lowest BCUT2D eigenvalue weighted by atomic mass is 10.1. The largest absolute Gasteiger partial charge is 0.497 e. The maximum Gasteiger partial charge on any atom is 0.122 e. The van der Waals surface area contributed by atoms with E-state index in [9.17, 15) is 5.26 Å². The van der Waals surface area contributed by atoms with E-state index < -0.39 is 0 Å². The van der Waals surface area contributed by atoms with Gasteiger partial charge in [-0.25, -0.2) is 0 Å². The highest BCUT2D eigenvalue weighted by Gasteiger charge is 2.14. The summed E-state index contributed by atoms with van der Waals surface area (Å²) in [6, 6.07) is 22.0. The molecule has 3 aromatic rings. The fourth-order valence-electron chi connectivity index (χ4n) is 2.78. The summed E-state index contributed by atoms with van der Waals surface area (Å²) < 4.78 is 7.18. The lowest BCUT2D eigenvalue weighted by Gasteiger charge is -2.12. The molecule has 0 radical (unpaired) electrons. The number of hydrogen-bond donors (Lipinski definition) is 1. The molecule has 1 aromatic heterocycles. The zero-order valence-electron chi connectivity index (χ0n) is 13.6. The number of ether oxygens (including phenoxy) is 1. The second-order valence-corrected chi connectivity index (χ2v) is 5.64. The molecule has 4 heteroatoms. The van der Waals surface area contributed by atoms with Crippen LogP contribution in [0, 0.1) is 11.3 Å². The van der Waals surface area contributed by atoms with Crippen molar-refractivity contribution in [3.63, 3.8) is 0 Å². The molecule has 0 saturated heterocycles. The molecule has 0 atom stereocenters. The molecule has 0 fully saturated rings. The van der Waals surface area contributed by atoms with Gasteiger partial charge in [-0.1, -0.05) is 42.5 Å². The number of nitriles is 1. The van der Waals surface area contributed by atoms with Gasteiger partial charge in [-0.15, -0.1) is 0 Å². The van der Waals surface area contributed by atoms with Crippen LogP contribution in [0.3, 0.4) is 0 Å². The summed E-state index contributed by atoms with van der Waals surface area (Å²) in [4.78, 5) is 0. The van der Waals surface area contributed by atoms with E-state index in [0.717, 1.165) is 17.0 Å². The zero-order chi connectivity index (χ0) is 16.9. The average molecular weight is 317 g/mol. The maximum atomic E-state index is 9.44. The Bertz CT molecular complexity index is 858. The van der Waals surface area contributed by atoms with Gasteiger partial charge < -0.3 is 15.0 Å². The van der Waals surface area contributed by atoms with Crippen molar-refractivity contribution in [2.45, 2.75) is 13.0 Å². The molecule has 0 aliphatic carbocycles. The van der Waals surface area contributed by atoms with Crippen molar-refractivity contribution >= 4 is 5.69 Å². The predicted molar refractivity (Wildman–Crippen MR) is 94.9 cm³/mol. The molecule has 0 spiro atoms. The number of nitrogens with two attached hydrogens (primary N) is 1. The molecule has 0 bridgehead atoms. The molecule has 4 nitrogen and oxygen atoms in total. The van der Waals surface area contributed by atoms with Crippen LogP contribution in [0.4, 0.5) is 5.69 Å². The van der Waals surface area contributed by atoms with Crippen LogP contribution in [0.2, 0.25) is 0 Å². The Hall–Kier alpha value is -3.19. The van der Waals surface area contributed by atoms with E-state index in [1.54, 1.807) is 13.2 Å². The minimum atomic E-state index is 0.578. The van der Waals surface area contributed by atoms with E-state index in [2.05, 4.69) is 18.2 Å². The van der Waals surface area contributed by atoms with Gasteiger partial charge in [0.2, 0.25) is 0 Å². The van der Waals surface area contributed by atoms with Crippen LogP contribution in [-0.2, 0) is 13.0 Å². The first-order valence-corrected chi connectivity index (χ1v) is 7.76. The molecular weight excluding hydrogens is 298 g/mol. The Morgan fingerprint density at radius 1 is 1.04 bits per heavy atom. The predicted octanol–water partition coefficient (Wildman–Crippen LogP) is 3.59. The first kappa shape index (κ1) is 15.7. The maximum absolute atomic E-state index is 9.44. The summed E-state index contributed by atoms with van der Waals surface area (Å²) in [6.45, 7) is 0.603. The Morgan fingerprint density at radius 2 is 1.75 bits per heavy atom. The molecule has 0 aliphatic heterocycles. The van der Waals surface area contributed by atoms with E-state index in [0.29, 0.717) is 24.3 Å². The van der Waals surface area contributed by atoms with E-state index in [1.165, 1.54) is 5.56 Å². The number of aromatic nitrogens is 1. The number of nitrogens with zero attached hydrogens (tertiary/aromatic N) is 2. The minimum absolute atomic E-state index is 0.578. The van der Waals surface area contributed by atoms with Gasteiger partial charge >= 0.3 is 0 Å². The highest BCUT2D eigenvalue weighted by molar-refractivity contribution is 5.52. The fourth-order valence-corrected chi connectivity index (χ4v) is 2.78. The highest BCUT2D eigenvalue weighted by Crippen LogP contribution is 2.23. The fraction of sp³-hybridized carbons (Fsp3) is 0.150. The summed E-state index contributed by atoms with van der Waals surface area (Å²) in [7, 11) is 1.65. The first-order chi connectivity index (χ1) is 11.7. The lowest BCUT2D eigenvalue weighted by molar-refractivity contribution is 0.414. The Kier molecular flexibility index (Phi) is 4.53. The summed E-state index contributed by atoms with van der Waals surface area (Å²) in [5, 5.41) is 9.44. The summed E-state index contributed by atoms with van der Waals surface area (Å²) >= 11 is 0. The summed E-state index contributed by atoms with van der Waals surface area (Å²) in [6.07, 6.45) is 0.699. The van der Waals surface area contributed by atoms with E-state index in [1.807, 2.05) is 47.0 Å². The zero-order valence-corrected chi connectivity index (χ0v) is 13.6. The Balaban J connectivity index is 1.94. The third-order valence-electron chi connectivity index (χ3n) is 4.07. The van der Waals surface area contributed by atoms with Crippen LogP contribution in [0.15, 0.2) is 60.7 Å². The topological polar surface area (TPSA) is 64.0 Å². The van der Waals surface area contributed by atoms with Crippen LogP contribution >= 0.6 is 0 Å². The number of anilines is 1. The normalized spacial score (nSPS) is 10.3. The summed E-state index contributed by atoms with van der Waals surface area (Å²) in [5.41, 5.74) is 10.6. The Morgan fingerprint density at radius 3 is 2.38 bits per heavy atom. The second-order valence-electron chi connectivity index (χ2n) is 5.64. The number of rotatable bonds is 5. The minimum Gasteiger partial charge on any atom is -0.497 e. The molecule has 3 rings (SSSR count). The smallest absolute Gasteiger partial charge is 0.122 e. The van der Waals surface area contributed by atoms with Crippen LogP contribution in [0.1, 0.15) is 22.5 Å². The van der Waals surface area contributed by atoms with E-state index >= 15 is 0 Å². The standard InChI is InChI=1S/C20H19N3O/c1-24-18-9-7-16(8-10-18)14-23-17(13-21)12-19(22)20(23)11-15-5-3-2-4-6-15/h2-10,12H,11,14,22H2,1H3. The highest BCUT2D eigenvalue weighted by atomic mass is 16.5. The molecule has 2 N–H and O–H groups in total. The van der Waals surface area contributed by atoms with Gasteiger partial charge in [0.05, 0.1) is 12.8 Å². The van der Waals surface area contributed by atoms with E-state index in [-0.39, 0.29) is 0 Å². The van der Waals surface area contributed by atoms with Crippen molar-refractivity contribution in [3.05, 3.63) is 83.2 Å². The SMILES string of the molecule is COc1ccc(Cn2c(C#N)cc(N)c2Cc2ccccc2)cc1. The lowest BCUT2D eigenvalue weighted by Crippen LogP contribution is -2.08. The molecule has 1 heterocycles. The van der Waals surface area contributed by atoms with Gasteiger partial charge in [-0.05, 0) is 29.3 Å². The van der Waals surface area contributed by atoms with Crippen LogP contribution < -0.4 is 10.5 Å². The van der Waals surface area contributed by atoms with Gasteiger partial charge in [-0.3, -0.25) is 0 Å². The van der Waals surface area contributed by atoms with Crippen molar-refractivity contribution in [2.24, 2.45) is 0 Å². The number of methoxy groups -OCH3 is 1. The summed E-state index contributed by atoms with van der Waals surface area (Å²) in [5.74, 6) is 0.816. The quantitative estimate of drug-likeness (QED) is 0.782. The molecule has 2 aromatic carbocycles. The van der Waals surface area contributed by atoms with E-state index in [4.69, 9.17) is 10.5 Å². The van der Waals surface area contributed by atoms with Gasteiger partial charge in [0.25, 0.3) is 0 Å².